The van der Waals surface area contributed by atoms with Gasteiger partial charge in [-0.15, -0.1) is 0 Å². The van der Waals surface area contributed by atoms with E-state index in [4.69, 9.17) is 9.84 Å². The normalized spacial score (nSPS) is 15.9. The van der Waals surface area contributed by atoms with Crippen LogP contribution in [0.15, 0.2) is 24.3 Å². The SMILES string of the molecule is Cc1cccc(N(CCC(=O)O)CCN2CCOCC2)c1. The van der Waals surface area contributed by atoms with E-state index in [1.807, 2.05) is 12.1 Å². The molecule has 0 bridgehead atoms. The van der Waals surface area contributed by atoms with Crippen molar-refractivity contribution in [3.8, 4) is 0 Å². The van der Waals surface area contributed by atoms with Crippen LogP contribution in [0, 0.1) is 6.92 Å². The number of nitrogens with zero attached hydrogens (tertiary/aromatic N) is 2. The van der Waals surface area contributed by atoms with Crippen LogP contribution in [0.25, 0.3) is 0 Å². The molecule has 1 aromatic carbocycles. The van der Waals surface area contributed by atoms with E-state index in [2.05, 4.69) is 28.9 Å². The van der Waals surface area contributed by atoms with E-state index in [9.17, 15) is 4.79 Å². The second-order valence-electron chi connectivity index (χ2n) is 5.42. The maximum absolute atomic E-state index is 10.9. The maximum Gasteiger partial charge on any atom is 0.305 e. The Morgan fingerprint density at radius 3 is 2.76 bits per heavy atom. The summed E-state index contributed by atoms with van der Waals surface area (Å²) in [7, 11) is 0. The quantitative estimate of drug-likeness (QED) is 0.827. The Morgan fingerprint density at radius 2 is 2.10 bits per heavy atom. The Morgan fingerprint density at radius 1 is 1.33 bits per heavy atom. The number of benzene rings is 1. The summed E-state index contributed by atoms with van der Waals surface area (Å²) < 4.78 is 5.35. The summed E-state index contributed by atoms with van der Waals surface area (Å²) in [6.07, 6.45) is 0.164. The van der Waals surface area contributed by atoms with Gasteiger partial charge in [-0.1, -0.05) is 12.1 Å². The summed E-state index contributed by atoms with van der Waals surface area (Å²) in [5.41, 5.74) is 2.30. The van der Waals surface area contributed by atoms with Crippen molar-refractivity contribution in [1.82, 2.24) is 4.90 Å². The third-order valence-electron chi connectivity index (χ3n) is 3.75. The van der Waals surface area contributed by atoms with Gasteiger partial charge in [0.2, 0.25) is 0 Å². The molecular formula is C16H24N2O3. The first-order chi connectivity index (χ1) is 10.1. The highest BCUT2D eigenvalue weighted by molar-refractivity contribution is 5.67. The van der Waals surface area contributed by atoms with Gasteiger partial charge in [0.05, 0.1) is 19.6 Å². The molecule has 2 rings (SSSR count). The Balaban J connectivity index is 1.95. The lowest BCUT2D eigenvalue weighted by Crippen LogP contribution is -2.42. The number of anilines is 1. The van der Waals surface area contributed by atoms with Gasteiger partial charge in [0.1, 0.15) is 0 Å². The highest BCUT2D eigenvalue weighted by Gasteiger charge is 2.14. The van der Waals surface area contributed by atoms with Crippen molar-refractivity contribution in [2.45, 2.75) is 13.3 Å². The molecule has 0 aliphatic carbocycles. The standard InChI is InChI=1S/C16H24N2O3/c1-14-3-2-4-15(13-14)18(6-5-16(19)20)8-7-17-9-11-21-12-10-17/h2-4,13H,5-12H2,1H3,(H,19,20). The lowest BCUT2D eigenvalue weighted by molar-refractivity contribution is -0.136. The van der Waals surface area contributed by atoms with Crippen LogP contribution >= 0.6 is 0 Å². The lowest BCUT2D eigenvalue weighted by Gasteiger charge is -2.31. The molecule has 0 amide bonds. The molecule has 5 heteroatoms. The molecule has 5 nitrogen and oxygen atoms in total. The third kappa shape index (κ3) is 5.36. The molecule has 0 radical (unpaired) electrons. The predicted molar refractivity (Wildman–Crippen MR) is 82.9 cm³/mol. The van der Waals surface area contributed by atoms with E-state index >= 15 is 0 Å². The second-order valence-corrected chi connectivity index (χ2v) is 5.42. The number of carboxylic acids is 1. The summed E-state index contributed by atoms with van der Waals surface area (Å²) in [6, 6.07) is 8.24. The predicted octanol–water partition coefficient (Wildman–Crippen LogP) is 1.61. The summed E-state index contributed by atoms with van der Waals surface area (Å²) in [5, 5.41) is 8.93. The van der Waals surface area contributed by atoms with Gasteiger partial charge in [-0.25, -0.2) is 0 Å². The number of rotatable bonds is 7. The van der Waals surface area contributed by atoms with E-state index in [0.29, 0.717) is 6.54 Å². The van der Waals surface area contributed by atoms with Gasteiger partial charge in [-0.2, -0.15) is 0 Å². The molecule has 0 atom stereocenters. The van der Waals surface area contributed by atoms with Crippen LogP contribution in [-0.4, -0.2) is 61.9 Å². The molecule has 0 saturated carbocycles. The molecule has 1 aliphatic rings. The molecule has 1 aliphatic heterocycles. The first-order valence-electron chi connectivity index (χ1n) is 7.48. The summed E-state index contributed by atoms with van der Waals surface area (Å²) >= 11 is 0. The summed E-state index contributed by atoms with van der Waals surface area (Å²) in [6.45, 7) is 7.89. The van der Waals surface area contributed by atoms with Gasteiger partial charge >= 0.3 is 5.97 Å². The molecule has 21 heavy (non-hydrogen) atoms. The lowest BCUT2D eigenvalue weighted by atomic mass is 10.2. The molecule has 116 valence electrons. The average Bonchev–Trinajstić information content (AvgIpc) is 2.48. The first-order valence-corrected chi connectivity index (χ1v) is 7.48. The van der Waals surface area contributed by atoms with Crippen molar-refractivity contribution in [3.63, 3.8) is 0 Å². The van der Waals surface area contributed by atoms with Crippen molar-refractivity contribution < 1.29 is 14.6 Å². The van der Waals surface area contributed by atoms with Crippen LogP contribution in [0.1, 0.15) is 12.0 Å². The Hall–Kier alpha value is -1.59. The number of aryl methyl sites for hydroxylation is 1. The number of aliphatic carboxylic acids is 1. The molecule has 0 unspecified atom stereocenters. The van der Waals surface area contributed by atoms with Gasteiger partial charge in [0.15, 0.2) is 0 Å². The minimum Gasteiger partial charge on any atom is -0.481 e. The monoisotopic (exact) mass is 292 g/mol. The average molecular weight is 292 g/mol. The number of carboxylic acid groups (broad SMARTS) is 1. The zero-order chi connectivity index (χ0) is 15.1. The fourth-order valence-corrected chi connectivity index (χ4v) is 2.51. The Bertz CT molecular complexity index is 459. The third-order valence-corrected chi connectivity index (χ3v) is 3.75. The largest absolute Gasteiger partial charge is 0.481 e. The van der Waals surface area contributed by atoms with E-state index < -0.39 is 5.97 Å². The van der Waals surface area contributed by atoms with Crippen molar-refractivity contribution in [2.75, 3.05) is 50.8 Å². The van der Waals surface area contributed by atoms with E-state index in [1.54, 1.807) is 0 Å². The molecule has 1 fully saturated rings. The molecule has 1 aromatic rings. The molecule has 1 saturated heterocycles. The number of hydrogen-bond acceptors (Lipinski definition) is 4. The van der Waals surface area contributed by atoms with Crippen LogP contribution in [0.3, 0.4) is 0 Å². The highest BCUT2D eigenvalue weighted by atomic mass is 16.5. The molecule has 1 N–H and O–H groups in total. The van der Waals surface area contributed by atoms with Crippen LogP contribution in [0.2, 0.25) is 0 Å². The maximum atomic E-state index is 10.9. The molecule has 0 spiro atoms. The molecule has 1 heterocycles. The van der Waals surface area contributed by atoms with Crippen LogP contribution < -0.4 is 4.90 Å². The van der Waals surface area contributed by atoms with E-state index in [0.717, 1.165) is 45.1 Å². The molecular weight excluding hydrogens is 268 g/mol. The minimum atomic E-state index is -0.751. The molecule has 0 aromatic heterocycles. The van der Waals surface area contributed by atoms with Crippen molar-refractivity contribution in [2.24, 2.45) is 0 Å². The van der Waals surface area contributed by atoms with E-state index in [1.165, 1.54) is 5.56 Å². The summed E-state index contributed by atoms with van der Waals surface area (Å²) in [4.78, 5) is 15.4. The van der Waals surface area contributed by atoms with Gasteiger partial charge in [-0.05, 0) is 24.6 Å². The topological polar surface area (TPSA) is 53.0 Å². The minimum absolute atomic E-state index is 0.164. The smallest absolute Gasteiger partial charge is 0.305 e. The van der Waals surface area contributed by atoms with Crippen molar-refractivity contribution in [3.05, 3.63) is 29.8 Å². The van der Waals surface area contributed by atoms with Crippen LogP contribution in [0.5, 0.6) is 0 Å². The Kier molecular flexibility index (Phi) is 6.02. The second kappa shape index (κ2) is 8.00. The van der Waals surface area contributed by atoms with Gasteiger partial charge < -0.3 is 14.7 Å². The van der Waals surface area contributed by atoms with Crippen LogP contribution in [-0.2, 0) is 9.53 Å². The fourth-order valence-electron chi connectivity index (χ4n) is 2.51. The number of hydrogen-bond donors (Lipinski definition) is 1. The van der Waals surface area contributed by atoms with Crippen LogP contribution in [0.4, 0.5) is 5.69 Å². The van der Waals surface area contributed by atoms with Gasteiger partial charge in [0.25, 0.3) is 0 Å². The number of morpholine rings is 1. The van der Waals surface area contributed by atoms with Crippen molar-refractivity contribution >= 4 is 11.7 Å². The zero-order valence-corrected chi connectivity index (χ0v) is 12.6. The van der Waals surface area contributed by atoms with Gasteiger partial charge in [-0.3, -0.25) is 9.69 Å². The zero-order valence-electron chi connectivity index (χ0n) is 12.6. The first kappa shape index (κ1) is 15.8. The number of carbonyl (C=O) groups is 1. The highest BCUT2D eigenvalue weighted by Crippen LogP contribution is 2.16. The van der Waals surface area contributed by atoms with Gasteiger partial charge in [0, 0.05) is 38.4 Å². The van der Waals surface area contributed by atoms with Crippen molar-refractivity contribution in [1.29, 1.82) is 0 Å². The number of ether oxygens (including phenoxy) is 1. The summed E-state index contributed by atoms with van der Waals surface area (Å²) in [5.74, 6) is -0.751. The fraction of sp³-hybridized carbons (Fsp3) is 0.562. The Labute approximate surface area is 126 Å². The van der Waals surface area contributed by atoms with E-state index in [-0.39, 0.29) is 6.42 Å².